The molecule has 0 heterocycles. The van der Waals surface area contributed by atoms with Crippen LogP contribution in [0.5, 0.6) is 0 Å². The molecule has 1 aliphatic carbocycles. The lowest BCUT2D eigenvalue weighted by Gasteiger charge is -2.26. The molecule has 3 nitrogen and oxygen atoms in total. The minimum absolute atomic E-state index is 0.0504. The number of nitrogens with two attached hydrogens (primary N) is 1. The first-order valence-corrected chi connectivity index (χ1v) is 4.56. The first-order valence-electron chi connectivity index (χ1n) is 4.56. The van der Waals surface area contributed by atoms with Gasteiger partial charge in [-0.15, -0.1) is 0 Å². The highest BCUT2D eigenvalue weighted by Crippen LogP contribution is 2.34. The molecule has 0 spiro atoms. The molecule has 0 radical (unpaired) electrons. The summed E-state index contributed by atoms with van der Waals surface area (Å²) in [6.07, 6.45) is 2.52. The Hall–Kier alpha value is -0.570. The molecule has 70 valence electrons. The van der Waals surface area contributed by atoms with E-state index in [1.54, 1.807) is 11.8 Å². The van der Waals surface area contributed by atoms with Gasteiger partial charge < -0.3 is 10.6 Å². The van der Waals surface area contributed by atoms with Gasteiger partial charge in [-0.1, -0.05) is 0 Å². The van der Waals surface area contributed by atoms with Gasteiger partial charge in [0.15, 0.2) is 0 Å². The summed E-state index contributed by atoms with van der Waals surface area (Å²) in [5.41, 5.74) is 5.50. The molecule has 1 fully saturated rings. The van der Waals surface area contributed by atoms with Crippen molar-refractivity contribution in [3.8, 4) is 0 Å². The number of carbonyl (C=O) groups excluding carboxylic acids is 1. The third-order valence-electron chi connectivity index (χ3n) is 2.65. The Morgan fingerprint density at radius 1 is 1.50 bits per heavy atom. The number of hydrogen-bond donors (Lipinski definition) is 1. The molecular formula is C9H18N2O. The summed E-state index contributed by atoms with van der Waals surface area (Å²) < 4.78 is 0. The number of nitrogens with zero attached hydrogens (tertiary/aromatic N) is 1. The fourth-order valence-corrected chi connectivity index (χ4v) is 1.42. The van der Waals surface area contributed by atoms with Crippen molar-refractivity contribution in [3.05, 3.63) is 0 Å². The highest BCUT2D eigenvalue weighted by molar-refractivity contribution is 5.81. The molecule has 3 heteroatoms. The summed E-state index contributed by atoms with van der Waals surface area (Å²) in [4.78, 5) is 13.2. The van der Waals surface area contributed by atoms with E-state index in [4.69, 9.17) is 5.73 Å². The Kier molecular flexibility index (Phi) is 2.73. The van der Waals surface area contributed by atoms with Crippen LogP contribution < -0.4 is 5.73 Å². The van der Waals surface area contributed by atoms with Crippen molar-refractivity contribution in [1.29, 1.82) is 0 Å². The van der Waals surface area contributed by atoms with E-state index in [9.17, 15) is 4.79 Å². The van der Waals surface area contributed by atoms with Crippen molar-refractivity contribution >= 4 is 5.91 Å². The van der Waals surface area contributed by atoms with Gasteiger partial charge in [-0.05, 0) is 32.6 Å². The van der Waals surface area contributed by atoms with Gasteiger partial charge in [0, 0.05) is 13.1 Å². The summed E-state index contributed by atoms with van der Waals surface area (Å²) in [5.74, 6) is 0.770. The molecule has 0 aliphatic heterocycles. The number of carbonyl (C=O) groups is 1. The van der Waals surface area contributed by atoms with Crippen molar-refractivity contribution in [2.75, 3.05) is 7.05 Å². The highest BCUT2D eigenvalue weighted by atomic mass is 16.2. The average Bonchev–Trinajstić information content (AvgIpc) is 2.82. The maximum absolute atomic E-state index is 11.4. The lowest BCUT2D eigenvalue weighted by atomic mass is 10.1. The van der Waals surface area contributed by atoms with Gasteiger partial charge in [-0.2, -0.15) is 0 Å². The quantitative estimate of drug-likeness (QED) is 0.674. The van der Waals surface area contributed by atoms with Crippen LogP contribution in [0.2, 0.25) is 0 Å². The van der Waals surface area contributed by atoms with Crippen molar-refractivity contribution in [2.24, 2.45) is 11.7 Å². The molecule has 0 saturated heterocycles. The van der Waals surface area contributed by atoms with Crippen LogP contribution in [0.15, 0.2) is 0 Å². The van der Waals surface area contributed by atoms with E-state index >= 15 is 0 Å². The van der Waals surface area contributed by atoms with Crippen LogP contribution in [0.1, 0.15) is 26.7 Å². The SMILES string of the molecule is CC(C1CC1)N(C)C(=O)[C@H](C)N. The third-order valence-corrected chi connectivity index (χ3v) is 2.65. The topological polar surface area (TPSA) is 46.3 Å². The lowest BCUT2D eigenvalue weighted by Crippen LogP contribution is -2.44. The van der Waals surface area contributed by atoms with E-state index in [2.05, 4.69) is 6.92 Å². The number of hydrogen-bond acceptors (Lipinski definition) is 2. The molecule has 0 aromatic carbocycles. The van der Waals surface area contributed by atoms with Crippen LogP contribution in [0.4, 0.5) is 0 Å². The van der Waals surface area contributed by atoms with E-state index in [1.807, 2.05) is 7.05 Å². The molecule has 1 unspecified atom stereocenters. The van der Waals surface area contributed by atoms with Crippen LogP contribution >= 0.6 is 0 Å². The molecule has 12 heavy (non-hydrogen) atoms. The van der Waals surface area contributed by atoms with Gasteiger partial charge in [0.05, 0.1) is 6.04 Å². The first-order chi connectivity index (χ1) is 5.54. The maximum Gasteiger partial charge on any atom is 0.239 e. The molecule has 1 rings (SSSR count). The molecule has 2 atom stereocenters. The standard InChI is InChI=1S/C9H18N2O/c1-6(10)9(12)11(3)7(2)8-4-5-8/h6-8H,4-5,10H2,1-3H3/t6-,7?/m0/s1. The van der Waals surface area contributed by atoms with Crippen molar-refractivity contribution < 1.29 is 4.79 Å². The summed E-state index contributed by atoms with van der Waals surface area (Å²) in [6.45, 7) is 3.83. The molecule has 0 bridgehead atoms. The molecule has 1 aliphatic rings. The summed E-state index contributed by atoms with van der Waals surface area (Å²) >= 11 is 0. The average molecular weight is 170 g/mol. The molecule has 0 aromatic rings. The first kappa shape index (κ1) is 9.52. The van der Waals surface area contributed by atoms with Crippen LogP contribution in [0.25, 0.3) is 0 Å². The monoisotopic (exact) mass is 170 g/mol. The van der Waals surface area contributed by atoms with Crippen molar-refractivity contribution in [3.63, 3.8) is 0 Å². The van der Waals surface area contributed by atoms with Gasteiger partial charge in [0.25, 0.3) is 0 Å². The summed E-state index contributed by atoms with van der Waals surface area (Å²) in [7, 11) is 1.84. The largest absolute Gasteiger partial charge is 0.341 e. The fraction of sp³-hybridized carbons (Fsp3) is 0.889. The lowest BCUT2D eigenvalue weighted by molar-refractivity contribution is -0.133. The molecule has 2 N–H and O–H groups in total. The van der Waals surface area contributed by atoms with Crippen LogP contribution in [-0.4, -0.2) is 29.9 Å². The summed E-state index contributed by atoms with van der Waals surface area (Å²) in [6, 6.07) is -0.000278. The highest BCUT2D eigenvalue weighted by Gasteiger charge is 2.32. The minimum atomic E-state index is -0.365. The zero-order valence-electron chi connectivity index (χ0n) is 8.08. The zero-order valence-corrected chi connectivity index (χ0v) is 8.08. The van der Waals surface area contributed by atoms with E-state index in [-0.39, 0.29) is 11.9 Å². The van der Waals surface area contributed by atoms with E-state index in [0.29, 0.717) is 6.04 Å². The number of rotatable bonds is 3. The van der Waals surface area contributed by atoms with Crippen LogP contribution in [0, 0.1) is 5.92 Å². The van der Waals surface area contributed by atoms with E-state index in [1.165, 1.54) is 12.8 Å². The van der Waals surface area contributed by atoms with Crippen molar-refractivity contribution in [1.82, 2.24) is 4.90 Å². The van der Waals surface area contributed by atoms with Gasteiger partial charge in [0.1, 0.15) is 0 Å². The second-order valence-corrected chi connectivity index (χ2v) is 3.82. The van der Waals surface area contributed by atoms with Crippen LogP contribution in [-0.2, 0) is 4.79 Å². The van der Waals surface area contributed by atoms with Crippen molar-refractivity contribution in [2.45, 2.75) is 38.8 Å². The Bertz CT molecular complexity index is 175. The predicted molar refractivity (Wildman–Crippen MR) is 48.6 cm³/mol. The Morgan fingerprint density at radius 3 is 2.33 bits per heavy atom. The molecule has 1 saturated carbocycles. The van der Waals surface area contributed by atoms with Crippen LogP contribution in [0.3, 0.4) is 0 Å². The number of likely N-dealkylation sites (N-methyl/N-ethyl adjacent to an activating group) is 1. The molecule has 0 aromatic heterocycles. The Balaban J connectivity index is 2.44. The zero-order chi connectivity index (χ0) is 9.30. The van der Waals surface area contributed by atoms with Gasteiger partial charge in [0.2, 0.25) is 5.91 Å². The number of amides is 1. The van der Waals surface area contributed by atoms with Gasteiger partial charge in [-0.25, -0.2) is 0 Å². The second kappa shape index (κ2) is 3.44. The Labute approximate surface area is 73.9 Å². The molecule has 1 amide bonds. The second-order valence-electron chi connectivity index (χ2n) is 3.82. The Morgan fingerprint density at radius 2 is 2.00 bits per heavy atom. The molecular weight excluding hydrogens is 152 g/mol. The normalized spacial score (nSPS) is 21.7. The van der Waals surface area contributed by atoms with Gasteiger partial charge in [-0.3, -0.25) is 4.79 Å². The maximum atomic E-state index is 11.4. The van der Waals surface area contributed by atoms with E-state index < -0.39 is 0 Å². The third kappa shape index (κ3) is 1.97. The van der Waals surface area contributed by atoms with Gasteiger partial charge >= 0.3 is 0 Å². The smallest absolute Gasteiger partial charge is 0.239 e. The predicted octanol–water partition coefficient (Wildman–Crippen LogP) is 0.591. The fourth-order valence-electron chi connectivity index (χ4n) is 1.42. The minimum Gasteiger partial charge on any atom is -0.341 e. The summed E-state index contributed by atoms with van der Waals surface area (Å²) in [5, 5.41) is 0. The van der Waals surface area contributed by atoms with E-state index in [0.717, 1.165) is 5.92 Å².